The lowest BCUT2D eigenvalue weighted by atomic mass is 9.35. The Bertz CT molecular complexity index is 2530. The van der Waals surface area contributed by atoms with E-state index >= 15 is 4.39 Å². The van der Waals surface area contributed by atoms with Gasteiger partial charge in [-0.15, -0.1) is 10.2 Å². The molecule has 0 radical (unpaired) electrons. The van der Waals surface area contributed by atoms with Gasteiger partial charge in [-0.3, -0.25) is 14.9 Å². The molecular formula is C52H64FN9O6. The van der Waals surface area contributed by atoms with Crippen LogP contribution in [0.1, 0.15) is 77.2 Å². The molecule has 1 aromatic heterocycles. The molecule has 10 rings (SSSR count). The van der Waals surface area contributed by atoms with E-state index in [0.29, 0.717) is 92.5 Å². The molecule has 2 saturated carbocycles. The van der Waals surface area contributed by atoms with Gasteiger partial charge in [0.05, 0.1) is 29.4 Å². The monoisotopic (exact) mass is 929 g/mol. The molecule has 0 spiro atoms. The molecule has 4 unspecified atom stereocenters. The number of imide groups is 1. The Morgan fingerprint density at radius 1 is 0.912 bits per heavy atom. The molecule has 4 amide bonds. The fraction of sp³-hybridized carbons (Fsp3) is 0.519. The highest BCUT2D eigenvalue weighted by Crippen LogP contribution is 2.70. The Hall–Kier alpha value is -6.32. The quantitative estimate of drug-likeness (QED) is 0.118. The van der Waals surface area contributed by atoms with Gasteiger partial charge in [-0.2, -0.15) is 0 Å². The third kappa shape index (κ3) is 8.37. The molecule has 4 aromatic rings. The third-order valence-electron chi connectivity index (χ3n) is 15.9. The molecule has 2 aliphatic carbocycles. The minimum Gasteiger partial charge on any atom is -0.507 e. The predicted molar refractivity (Wildman–Crippen MR) is 259 cm³/mol. The van der Waals surface area contributed by atoms with Crippen LogP contribution in [-0.4, -0.2) is 121 Å². The van der Waals surface area contributed by atoms with Crippen LogP contribution < -0.4 is 35.2 Å². The Balaban J connectivity index is 0.724. The van der Waals surface area contributed by atoms with Crippen LogP contribution in [0.25, 0.3) is 11.3 Å². The Morgan fingerprint density at radius 3 is 2.37 bits per heavy atom. The van der Waals surface area contributed by atoms with Gasteiger partial charge in [-0.05, 0) is 117 Å². The van der Waals surface area contributed by atoms with Gasteiger partial charge < -0.3 is 44.8 Å². The summed E-state index contributed by atoms with van der Waals surface area (Å²) in [7, 11) is 1.91. The molecule has 3 aromatic carbocycles. The number of carbonyl (C=O) groups is 3. The zero-order valence-electron chi connectivity index (χ0n) is 39.4. The molecule has 68 heavy (non-hydrogen) atoms. The zero-order valence-corrected chi connectivity index (χ0v) is 39.4. The standard InChI is InChI=1S/C52H64FN9O6/c1-4-19-62(43-13-14-46(64)55-50(43)65)42-11-8-10-41(48(42)67-5-2)59-20-15-36(16-21-59)58(3)51(66)60-22-17-37(18-23-60)68-38-25-34(24-35(53)26-38)52-28-32-30-61(31-33(29-52)47(32)52)44-27-40(56-57-49(44)54)39-9-6-7-12-45(39)63/h6-12,24-27,32-33,36-37,43,47,63H,4-5,13-23,28-31H2,1-3H3,(H2,54,57)(H,55,64,65)/t32-,33?,43?,47?,52?/m1/s1. The fourth-order valence-corrected chi connectivity index (χ4v) is 12.7. The van der Waals surface area contributed by atoms with Crippen molar-refractivity contribution in [2.75, 3.05) is 79.9 Å². The normalized spacial score (nSPS) is 24.9. The van der Waals surface area contributed by atoms with Crippen LogP contribution in [-0.2, 0) is 15.0 Å². The molecule has 6 fully saturated rings. The van der Waals surface area contributed by atoms with E-state index in [1.165, 1.54) is 6.07 Å². The second kappa shape index (κ2) is 18.6. The predicted octanol–water partition coefficient (Wildman–Crippen LogP) is 6.97. The number of phenols is 1. The number of aromatic nitrogens is 2. The van der Waals surface area contributed by atoms with Gasteiger partial charge in [0.25, 0.3) is 0 Å². The van der Waals surface area contributed by atoms with Crippen molar-refractivity contribution in [2.24, 2.45) is 17.8 Å². The number of phenolic OH excluding ortho intramolecular Hbond substituents is 1. The first kappa shape index (κ1) is 45.5. The van der Waals surface area contributed by atoms with Crippen molar-refractivity contribution < 1.29 is 33.4 Å². The first-order valence-corrected chi connectivity index (χ1v) is 24.7. The Morgan fingerprint density at radius 2 is 1.66 bits per heavy atom. The fourth-order valence-electron chi connectivity index (χ4n) is 12.7. The number of likely N-dealkylation sites (tertiary alicyclic amines) is 1. The minimum absolute atomic E-state index is 0.0226. The van der Waals surface area contributed by atoms with Crippen molar-refractivity contribution in [3.05, 3.63) is 78.1 Å². The first-order chi connectivity index (χ1) is 32.9. The summed E-state index contributed by atoms with van der Waals surface area (Å²) < 4.78 is 28.2. The second-order valence-electron chi connectivity index (χ2n) is 19.8. The highest BCUT2D eigenvalue weighted by molar-refractivity contribution is 6.02. The number of amides is 4. The van der Waals surface area contributed by atoms with Crippen LogP contribution in [0.2, 0.25) is 0 Å². The van der Waals surface area contributed by atoms with E-state index < -0.39 is 6.04 Å². The molecule has 4 aliphatic heterocycles. The lowest BCUT2D eigenvalue weighted by Gasteiger charge is -2.71. The van der Waals surface area contributed by atoms with Crippen LogP contribution in [0.4, 0.5) is 32.1 Å². The number of hydrogen-bond donors (Lipinski definition) is 3. The molecule has 0 bridgehead atoms. The van der Waals surface area contributed by atoms with Crippen molar-refractivity contribution >= 4 is 40.7 Å². The summed E-state index contributed by atoms with van der Waals surface area (Å²) in [6.45, 7) is 9.45. The number of nitrogens with one attached hydrogen (secondary N) is 1. The number of aromatic hydroxyl groups is 1. The number of benzene rings is 3. The number of anilines is 4. The van der Waals surface area contributed by atoms with Crippen molar-refractivity contribution in [1.82, 2.24) is 25.3 Å². The topological polar surface area (TPSA) is 170 Å². The lowest BCUT2D eigenvalue weighted by Crippen LogP contribution is -2.71. The van der Waals surface area contributed by atoms with Gasteiger partial charge in [-0.25, -0.2) is 9.18 Å². The highest BCUT2D eigenvalue weighted by atomic mass is 19.1. The number of rotatable bonds is 13. The Labute approximate surface area is 397 Å². The number of nitrogens with two attached hydrogens (primary N) is 1. The zero-order chi connectivity index (χ0) is 47.3. The number of urea groups is 1. The maximum atomic E-state index is 15.4. The summed E-state index contributed by atoms with van der Waals surface area (Å²) in [5.41, 5.74) is 11.2. The van der Waals surface area contributed by atoms with E-state index in [-0.39, 0.29) is 47.0 Å². The van der Waals surface area contributed by atoms with Crippen molar-refractivity contribution in [3.63, 3.8) is 0 Å². The molecule has 16 heteroatoms. The summed E-state index contributed by atoms with van der Waals surface area (Å²) in [5, 5.41) is 21.5. The summed E-state index contributed by atoms with van der Waals surface area (Å²) in [6, 6.07) is 20.0. The number of halogens is 1. The minimum atomic E-state index is -0.451. The summed E-state index contributed by atoms with van der Waals surface area (Å²) in [4.78, 5) is 49.5. The van der Waals surface area contributed by atoms with E-state index in [1.54, 1.807) is 18.2 Å². The van der Waals surface area contributed by atoms with Gasteiger partial charge in [0.1, 0.15) is 29.5 Å². The van der Waals surface area contributed by atoms with Crippen molar-refractivity contribution in [1.29, 1.82) is 0 Å². The molecular weight excluding hydrogens is 866 g/mol. The van der Waals surface area contributed by atoms with Crippen LogP contribution in [0.5, 0.6) is 17.2 Å². The Kier molecular flexibility index (Phi) is 12.5. The van der Waals surface area contributed by atoms with Crippen LogP contribution in [0.15, 0.2) is 66.7 Å². The molecule has 5 heterocycles. The largest absolute Gasteiger partial charge is 0.507 e. The summed E-state index contributed by atoms with van der Waals surface area (Å²) in [6.07, 6.45) is 6.35. The van der Waals surface area contributed by atoms with Gasteiger partial charge in [0.2, 0.25) is 11.8 Å². The van der Waals surface area contributed by atoms with E-state index in [0.717, 1.165) is 86.7 Å². The summed E-state index contributed by atoms with van der Waals surface area (Å²) in [5.74, 6) is 2.41. The molecule has 360 valence electrons. The maximum Gasteiger partial charge on any atom is 0.319 e. The number of piperidine rings is 4. The first-order valence-electron chi connectivity index (χ1n) is 24.7. The molecule has 4 saturated heterocycles. The number of ether oxygens (including phenoxy) is 2. The smallest absolute Gasteiger partial charge is 0.319 e. The maximum absolute atomic E-state index is 15.4. The molecule has 4 N–H and O–H groups in total. The third-order valence-corrected chi connectivity index (χ3v) is 15.9. The van der Waals surface area contributed by atoms with Crippen LogP contribution in [0.3, 0.4) is 0 Å². The molecule has 5 atom stereocenters. The van der Waals surface area contributed by atoms with Crippen LogP contribution in [0, 0.1) is 23.6 Å². The van der Waals surface area contributed by atoms with E-state index in [9.17, 15) is 19.5 Å². The van der Waals surface area contributed by atoms with Gasteiger partial charge in [0, 0.05) is 89.8 Å². The van der Waals surface area contributed by atoms with E-state index in [4.69, 9.17) is 15.2 Å². The van der Waals surface area contributed by atoms with E-state index in [2.05, 4.69) is 49.3 Å². The van der Waals surface area contributed by atoms with E-state index in [1.807, 2.05) is 54.1 Å². The van der Waals surface area contributed by atoms with Crippen molar-refractivity contribution in [3.8, 4) is 28.5 Å². The summed E-state index contributed by atoms with van der Waals surface area (Å²) >= 11 is 0. The lowest BCUT2D eigenvalue weighted by molar-refractivity contribution is -0.134. The number of carbonyl (C=O) groups excluding carboxylic acids is 3. The average Bonchev–Trinajstić information content (AvgIpc) is 3.32. The molecule has 15 nitrogen and oxygen atoms in total. The highest BCUT2D eigenvalue weighted by Gasteiger charge is 2.67. The van der Waals surface area contributed by atoms with Gasteiger partial charge in [-0.1, -0.05) is 25.1 Å². The number of para-hydroxylation sites is 2. The number of hydrogen-bond acceptors (Lipinski definition) is 12. The molecule has 6 aliphatic rings. The van der Waals surface area contributed by atoms with Crippen molar-refractivity contribution in [2.45, 2.75) is 95.2 Å². The van der Waals surface area contributed by atoms with Gasteiger partial charge >= 0.3 is 6.03 Å². The second-order valence-corrected chi connectivity index (χ2v) is 19.8. The van der Waals surface area contributed by atoms with Crippen LogP contribution >= 0.6 is 0 Å². The average molecular weight is 930 g/mol. The van der Waals surface area contributed by atoms with Gasteiger partial charge in [0.15, 0.2) is 11.6 Å². The number of nitrogen functional groups attached to an aromatic ring is 1. The number of nitrogens with zero attached hydrogens (tertiary/aromatic N) is 7. The SMILES string of the molecule is CCCN(c1cccc(N2CCC(N(C)C(=O)N3CCC(Oc4cc(F)cc(C56CC7CN(c8cc(-c9ccccc9O)nnc8N)C[C@@H](C5)C76)c4)CC3)CC2)c1OCC)C1CCC(=O)NC1=O.